The summed E-state index contributed by atoms with van der Waals surface area (Å²) in [7, 11) is 1.58. The molecule has 1 aromatic heterocycles. The number of ether oxygens (including phenoxy) is 2. The van der Waals surface area contributed by atoms with Crippen molar-refractivity contribution in [3.05, 3.63) is 64.8 Å². The number of rotatable bonds is 7. The molecule has 1 fully saturated rings. The van der Waals surface area contributed by atoms with Crippen LogP contribution in [0, 0.1) is 6.92 Å². The molecule has 9 nitrogen and oxygen atoms in total. The van der Waals surface area contributed by atoms with E-state index < -0.39 is 5.60 Å². The van der Waals surface area contributed by atoms with Crippen LogP contribution in [-0.4, -0.2) is 64.8 Å². The summed E-state index contributed by atoms with van der Waals surface area (Å²) in [5.74, 6) is 1.76. The fraction of sp³-hybridized carbons (Fsp3) is 0.393. The van der Waals surface area contributed by atoms with Crippen LogP contribution in [0.25, 0.3) is 0 Å². The van der Waals surface area contributed by atoms with Gasteiger partial charge in [0.15, 0.2) is 0 Å². The van der Waals surface area contributed by atoms with E-state index in [1.807, 2.05) is 52.0 Å². The first-order valence-electron chi connectivity index (χ1n) is 12.6. The molecular formula is C28H35ClN6O3. The van der Waals surface area contributed by atoms with E-state index in [0.29, 0.717) is 35.6 Å². The van der Waals surface area contributed by atoms with Crippen molar-refractivity contribution in [2.75, 3.05) is 43.9 Å². The van der Waals surface area contributed by atoms with Gasteiger partial charge in [0.05, 0.1) is 12.1 Å². The molecular weight excluding hydrogens is 504 g/mol. The molecule has 1 aliphatic rings. The molecule has 202 valence electrons. The van der Waals surface area contributed by atoms with Crippen LogP contribution in [0.3, 0.4) is 0 Å². The predicted octanol–water partition coefficient (Wildman–Crippen LogP) is 5.99. The van der Waals surface area contributed by atoms with Gasteiger partial charge in [-0.3, -0.25) is 4.90 Å². The highest BCUT2D eigenvalue weighted by Gasteiger charge is 2.25. The molecule has 0 spiro atoms. The number of halogens is 1. The molecule has 2 N–H and O–H groups in total. The highest BCUT2D eigenvalue weighted by Crippen LogP contribution is 2.29. The van der Waals surface area contributed by atoms with Gasteiger partial charge in [0.1, 0.15) is 17.2 Å². The summed E-state index contributed by atoms with van der Waals surface area (Å²) >= 11 is 6.15. The Labute approximate surface area is 229 Å². The van der Waals surface area contributed by atoms with Crippen molar-refractivity contribution in [3.8, 4) is 5.75 Å². The molecule has 1 saturated heterocycles. The quantitative estimate of drug-likeness (QED) is 0.379. The van der Waals surface area contributed by atoms with Crippen molar-refractivity contribution in [1.29, 1.82) is 0 Å². The lowest BCUT2D eigenvalue weighted by atomic mass is 10.1. The van der Waals surface area contributed by atoms with Gasteiger partial charge in [-0.2, -0.15) is 4.98 Å². The Balaban J connectivity index is 1.37. The lowest BCUT2D eigenvalue weighted by molar-refractivity contribution is 0.0139. The van der Waals surface area contributed by atoms with E-state index in [2.05, 4.69) is 37.6 Å². The van der Waals surface area contributed by atoms with Crippen LogP contribution in [0.4, 0.5) is 27.9 Å². The van der Waals surface area contributed by atoms with Gasteiger partial charge in [-0.05, 0) is 57.5 Å². The van der Waals surface area contributed by atoms with Crippen LogP contribution in [0.1, 0.15) is 31.9 Å². The molecule has 0 bridgehead atoms. The summed E-state index contributed by atoms with van der Waals surface area (Å²) in [6.45, 7) is 11.3. The number of carbonyl (C=O) groups excluding carboxylic acids is 1. The van der Waals surface area contributed by atoms with Gasteiger partial charge in [-0.1, -0.05) is 23.7 Å². The zero-order chi connectivity index (χ0) is 27.3. The fourth-order valence-electron chi connectivity index (χ4n) is 4.05. The molecule has 1 aliphatic heterocycles. The number of aromatic nitrogens is 2. The molecule has 0 radical (unpaired) electrons. The van der Waals surface area contributed by atoms with Crippen molar-refractivity contribution >= 4 is 40.8 Å². The Morgan fingerprint density at radius 1 is 1.05 bits per heavy atom. The summed E-state index contributed by atoms with van der Waals surface area (Å²) in [6.07, 6.45) is 1.53. The summed E-state index contributed by atoms with van der Waals surface area (Å²) < 4.78 is 10.8. The second-order valence-corrected chi connectivity index (χ2v) is 10.7. The number of aryl methyl sites for hydroxylation is 1. The maximum absolute atomic E-state index is 12.3. The molecule has 0 atom stereocenters. The molecule has 2 heterocycles. The van der Waals surface area contributed by atoms with Gasteiger partial charge < -0.3 is 25.0 Å². The topological polar surface area (TPSA) is 91.9 Å². The minimum Gasteiger partial charge on any atom is -0.495 e. The van der Waals surface area contributed by atoms with E-state index in [0.717, 1.165) is 36.6 Å². The Morgan fingerprint density at radius 3 is 2.50 bits per heavy atom. The van der Waals surface area contributed by atoms with Crippen LogP contribution in [-0.2, 0) is 11.3 Å². The molecule has 2 aromatic carbocycles. The molecule has 4 rings (SSSR count). The lowest BCUT2D eigenvalue weighted by Gasteiger charge is -2.35. The Bertz CT molecular complexity index is 1270. The van der Waals surface area contributed by atoms with Crippen LogP contribution >= 0.6 is 11.6 Å². The Hall–Kier alpha value is -3.56. The number of hydrogen-bond acceptors (Lipinski definition) is 8. The number of amides is 1. The molecule has 0 saturated carbocycles. The minimum absolute atomic E-state index is 0.245. The highest BCUT2D eigenvalue weighted by molar-refractivity contribution is 6.32. The van der Waals surface area contributed by atoms with Crippen molar-refractivity contribution in [3.63, 3.8) is 0 Å². The van der Waals surface area contributed by atoms with E-state index in [9.17, 15) is 4.79 Å². The number of piperazine rings is 1. The lowest BCUT2D eigenvalue weighted by Crippen LogP contribution is -2.49. The largest absolute Gasteiger partial charge is 0.495 e. The normalized spacial score (nSPS) is 14.2. The summed E-state index contributed by atoms with van der Waals surface area (Å²) in [6, 6.07) is 13.7. The number of benzene rings is 2. The molecule has 3 aromatic rings. The van der Waals surface area contributed by atoms with Gasteiger partial charge in [0, 0.05) is 61.9 Å². The first-order valence-corrected chi connectivity index (χ1v) is 13.0. The number of nitrogens with one attached hydrogen (secondary N) is 2. The SMILES string of the molecule is COc1cc(Nc2nc(Nc3cccc(CN4CCN(C(=O)OC(C)(C)C)CC4)c3)ncc2C)ccc1Cl. The zero-order valence-corrected chi connectivity index (χ0v) is 23.3. The fourth-order valence-corrected chi connectivity index (χ4v) is 4.25. The molecule has 10 heteroatoms. The summed E-state index contributed by atoms with van der Waals surface area (Å²) in [5, 5.41) is 7.18. The van der Waals surface area contributed by atoms with Crippen LogP contribution in [0.2, 0.25) is 5.02 Å². The van der Waals surface area contributed by atoms with Crippen LogP contribution in [0.5, 0.6) is 5.75 Å². The number of hydrogen-bond donors (Lipinski definition) is 2. The van der Waals surface area contributed by atoms with Crippen molar-refractivity contribution < 1.29 is 14.3 Å². The molecule has 0 unspecified atom stereocenters. The number of nitrogens with zero attached hydrogens (tertiary/aromatic N) is 4. The Kier molecular flexibility index (Phi) is 8.58. The molecule has 1 amide bonds. The Morgan fingerprint density at radius 2 is 1.79 bits per heavy atom. The number of methoxy groups -OCH3 is 1. The summed E-state index contributed by atoms with van der Waals surface area (Å²) in [5.41, 5.74) is 3.30. The van der Waals surface area contributed by atoms with Gasteiger partial charge in [0.25, 0.3) is 0 Å². The van der Waals surface area contributed by atoms with E-state index in [4.69, 9.17) is 21.1 Å². The van der Waals surface area contributed by atoms with E-state index in [1.54, 1.807) is 24.3 Å². The zero-order valence-electron chi connectivity index (χ0n) is 22.5. The first kappa shape index (κ1) is 27.5. The average molecular weight is 539 g/mol. The number of carbonyl (C=O) groups is 1. The summed E-state index contributed by atoms with van der Waals surface area (Å²) in [4.78, 5) is 25.6. The highest BCUT2D eigenvalue weighted by atomic mass is 35.5. The van der Waals surface area contributed by atoms with E-state index >= 15 is 0 Å². The standard InChI is InChI=1S/C28H35ClN6O3/c1-19-17-30-26(33-25(19)31-22-9-10-23(29)24(16-22)37-5)32-21-8-6-7-20(15-21)18-34-11-13-35(14-12-34)27(36)38-28(2,3)4/h6-10,15-17H,11-14,18H2,1-5H3,(H2,30,31,32,33). The molecule has 0 aliphatic carbocycles. The van der Waals surface area contributed by atoms with Gasteiger partial charge in [0.2, 0.25) is 5.95 Å². The monoisotopic (exact) mass is 538 g/mol. The number of anilines is 4. The maximum atomic E-state index is 12.3. The van der Waals surface area contributed by atoms with Crippen LogP contribution < -0.4 is 15.4 Å². The molecule has 38 heavy (non-hydrogen) atoms. The third-order valence-corrected chi connectivity index (χ3v) is 6.31. The van der Waals surface area contributed by atoms with Crippen LogP contribution in [0.15, 0.2) is 48.7 Å². The third-order valence-electron chi connectivity index (χ3n) is 6.00. The average Bonchev–Trinajstić information content (AvgIpc) is 2.87. The van der Waals surface area contributed by atoms with Gasteiger partial charge >= 0.3 is 6.09 Å². The van der Waals surface area contributed by atoms with E-state index in [-0.39, 0.29) is 6.09 Å². The minimum atomic E-state index is -0.483. The van der Waals surface area contributed by atoms with Crippen molar-refractivity contribution in [2.24, 2.45) is 0 Å². The van der Waals surface area contributed by atoms with Crippen molar-refractivity contribution in [1.82, 2.24) is 19.8 Å². The second kappa shape index (κ2) is 11.9. The van der Waals surface area contributed by atoms with Gasteiger partial charge in [-0.15, -0.1) is 0 Å². The third kappa shape index (κ3) is 7.49. The van der Waals surface area contributed by atoms with Gasteiger partial charge in [-0.25, -0.2) is 9.78 Å². The van der Waals surface area contributed by atoms with Crippen molar-refractivity contribution in [2.45, 2.75) is 39.8 Å². The first-order chi connectivity index (χ1) is 18.1. The maximum Gasteiger partial charge on any atom is 0.410 e. The van der Waals surface area contributed by atoms with E-state index in [1.165, 1.54) is 5.56 Å². The predicted molar refractivity (Wildman–Crippen MR) is 151 cm³/mol. The smallest absolute Gasteiger partial charge is 0.410 e. The second-order valence-electron chi connectivity index (χ2n) is 10.3.